The number of hydrogen-bond donors (Lipinski definition) is 2. The van der Waals surface area contributed by atoms with Gasteiger partial charge in [-0.05, 0) is 25.7 Å². The largest absolute Gasteiger partial charge is 0.328 e. The van der Waals surface area contributed by atoms with Gasteiger partial charge >= 0.3 is 0 Å². The van der Waals surface area contributed by atoms with Crippen LogP contribution in [0.15, 0.2) is 0 Å². The standard InChI is InChI=1S/C7H16N2O/c1-10-9-7-4-2-6(8)3-5-7/h6-7,9H,2-5,8H2,1H3. The van der Waals surface area contributed by atoms with Crippen LogP contribution < -0.4 is 11.2 Å². The highest BCUT2D eigenvalue weighted by atomic mass is 16.6. The van der Waals surface area contributed by atoms with Crippen LogP contribution in [0.5, 0.6) is 0 Å². The molecule has 0 atom stereocenters. The van der Waals surface area contributed by atoms with Crippen molar-refractivity contribution in [3.8, 4) is 0 Å². The maximum Gasteiger partial charge on any atom is 0.0572 e. The summed E-state index contributed by atoms with van der Waals surface area (Å²) in [7, 11) is 1.66. The molecule has 0 aromatic heterocycles. The Bertz CT molecular complexity index is 89.6. The van der Waals surface area contributed by atoms with Crippen LogP contribution in [0.2, 0.25) is 0 Å². The normalized spacial score (nSPS) is 34.2. The third-order valence-corrected chi connectivity index (χ3v) is 2.06. The van der Waals surface area contributed by atoms with E-state index >= 15 is 0 Å². The van der Waals surface area contributed by atoms with Gasteiger partial charge < -0.3 is 10.6 Å². The Labute approximate surface area is 61.9 Å². The Morgan fingerprint density at radius 3 is 2.40 bits per heavy atom. The molecule has 60 valence electrons. The van der Waals surface area contributed by atoms with Crippen LogP contribution >= 0.6 is 0 Å². The van der Waals surface area contributed by atoms with Crippen molar-refractivity contribution in [3.63, 3.8) is 0 Å². The van der Waals surface area contributed by atoms with E-state index in [1.54, 1.807) is 7.11 Å². The second-order valence-corrected chi connectivity index (χ2v) is 2.93. The number of nitrogens with two attached hydrogens (primary N) is 1. The molecule has 1 aliphatic rings. The van der Waals surface area contributed by atoms with Crippen LogP contribution in [-0.2, 0) is 4.84 Å². The number of hydroxylamine groups is 1. The molecule has 0 aromatic rings. The summed E-state index contributed by atoms with van der Waals surface area (Å²) in [4.78, 5) is 4.83. The van der Waals surface area contributed by atoms with Gasteiger partial charge in [0.1, 0.15) is 0 Å². The van der Waals surface area contributed by atoms with Crippen molar-refractivity contribution in [3.05, 3.63) is 0 Å². The zero-order valence-electron chi connectivity index (χ0n) is 6.47. The summed E-state index contributed by atoms with van der Waals surface area (Å²) in [6.45, 7) is 0. The van der Waals surface area contributed by atoms with Crippen molar-refractivity contribution < 1.29 is 4.84 Å². The second-order valence-electron chi connectivity index (χ2n) is 2.93. The molecule has 0 bridgehead atoms. The lowest BCUT2D eigenvalue weighted by Crippen LogP contribution is -2.36. The summed E-state index contributed by atoms with van der Waals surface area (Å²) >= 11 is 0. The average molecular weight is 144 g/mol. The molecule has 0 aliphatic heterocycles. The number of hydrogen-bond acceptors (Lipinski definition) is 3. The summed E-state index contributed by atoms with van der Waals surface area (Å²) in [5.74, 6) is 0. The number of rotatable bonds is 2. The van der Waals surface area contributed by atoms with Crippen LogP contribution in [-0.4, -0.2) is 19.2 Å². The lowest BCUT2D eigenvalue weighted by atomic mass is 9.92. The molecule has 0 spiro atoms. The molecule has 0 heterocycles. The predicted molar refractivity (Wildman–Crippen MR) is 40.4 cm³/mol. The van der Waals surface area contributed by atoms with Crippen molar-refractivity contribution >= 4 is 0 Å². The third-order valence-electron chi connectivity index (χ3n) is 2.06. The summed E-state index contributed by atoms with van der Waals surface area (Å²) in [5, 5.41) is 0. The van der Waals surface area contributed by atoms with Gasteiger partial charge in [0.05, 0.1) is 7.11 Å². The van der Waals surface area contributed by atoms with E-state index in [2.05, 4.69) is 5.48 Å². The van der Waals surface area contributed by atoms with E-state index in [0.717, 1.165) is 25.7 Å². The molecule has 3 nitrogen and oxygen atoms in total. The molecule has 1 fully saturated rings. The van der Waals surface area contributed by atoms with Crippen LogP contribution in [0.1, 0.15) is 25.7 Å². The Morgan fingerprint density at radius 1 is 1.30 bits per heavy atom. The molecule has 10 heavy (non-hydrogen) atoms. The van der Waals surface area contributed by atoms with Gasteiger partial charge in [0, 0.05) is 12.1 Å². The molecule has 0 saturated heterocycles. The van der Waals surface area contributed by atoms with Gasteiger partial charge in [-0.1, -0.05) is 0 Å². The van der Waals surface area contributed by atoms with E-state index in [0.29, 0.717) is 12.1 Å². The SMILES string of the molecule is CONC1CCC(N)CC1. The van der Waals surface area contributed by atoms with Crippen LogP contribution in [0.4, 0.5) is 0 Å². The third kappa shape index (κ3) is 2.25. The van der Waals surface area contributed by atoms with E-state index < -0.39 is 0 Å². The molecule has 0 aromatic carbocycles. The van der Waals surface area contributed by atoms with Gasteiger partial charge in [-0.25, -0.2) is 0 Å². The first-order valence-corrected chi connectivity index (χ1v) is 3.87. The summed E-state index contributed by atoms with van der Waals surface area (Å²) in [5.41, 5.74) is 8.67. The Kier molecular flexibility index (Phi) is 3.12. The van der Waals surface area contributed by atoms with E-state index in [4.69, 9.17) is 10.6 Å². The molecule has 3 heteroatoms. The molecule has 0 radical (unpaired) electrons. The summed E-state index contributed by atoms with van der Waals surface area (Å²) in [6, 6.07) is 0.958. The van der Waals surface area contributed by atoms with Crippen LogP contribution in [0.3, 0.4) is 0 Å². The van der Waals surface area contributed by atoms with Gasteiger partial charge in [0.15, 0.2) is 0 Å². The highest BCUT2D eigenvalue weighted by Crippen LogP contribution is 2.16. The first-order chi connectivity index (χ1) is 4.83. The molecule has 1 saturated carbocycles. The Hall–Kier alpha value is -0.120. The predicted octanol–water partition coefficient (Wildman–Crippen LogP) is 0.407. The van der Waals surface area contributed by atoms with E-state index in [9.17, 15) is 0 Å². The zero-order valence-corrected chi connectivity index (χ0v) is 6.47. The Morgan fingerprint density at radius 2 is 1.90 bits per heavy atom. The maximum atomic E-state index is 5.72. The molecule has 0 unspecified atom stereocenters. The van der Waals surface area contributed by atoms with Gasteiger partial charge in [-0.3, -0.25) is 0 Å². The lowest BCUT2D eigenvalue weighted by molar-refractivity contribution is 0.0472. The minimum atomic E-state index is 0.426. The molecule has 1 aliphatic carbocycles. The minimum Gasteiger partial charge on any atom is -0.328 e. The average Bonchev–Trinajstić information content (AvgIpc) is 1.95. The first-order valence-electron chi connectivity index (χ1n) is 3.87. The van der Waals surface area contributed by atoms with Crippen LogP contribution in [0, 0.1) is 0 Å². The molecule has 3 N–H and O–H groups in total. The smallest absolute Gasteiger partial charge is 0.0572 e. The molecule has 1 rings (SSSR count). The van der Waals surface area contributed by atoms with Crippen molar-refractivity contribution in [2.75, 3.05) is 7.11 Å². The van der Waals surface area contributed by atoms with Crippen molar-refractivity contribution in [2.45, 2.75) is 37.8 Å². The van der Waals surface area contributed by atoms with Crippen LogP contribution in [0.25, 0.3) is 0 Å². The van der Waals surface area contributed by atoms with E-state index in [1.807, 2.05) is 0 Å². The zero-order chi connectivity index (χ0) is 7.40. The fourth-order valence-corrected chi connectivity index (χ4v) is 1.40. The van der Waals surface area contributed by atoms with Crippen molar-refractivity contribution in [1.82, 2.24) is 5.48 Å². The van der Waals surface area contributed by atoms with Gasteiger partial charge in [-0.2, -0.15) is 5.48 Å². The lowest BCUT2D eigenvalue weighted by Gasteiger charge is -2.25. The van der Waals surface area contributed by atoms with E-state index in [-0.39, 0.29) is 0 Å². The summed E-state index contributed by atoms with van der Waals surface area (Å²) in [6.07, 6.45) is 4.55. The first kappa shape index (κ1) is 7.98. The van der Waals surface area contributed by atoms with Gasteiger partial charge in [0.2, 0.25) is 0 Å². The molecule has 0 amide bonds. The van der Waals surface area contributed by atoms with Crippen molar-refractivity contribution in [1.29, 1.82) is 0 Å². The minimum absolute atomic E-state index is 0.426. The molecular weight excluding hydrogens is 128 g/mol. The fourth-order valence-electron chi connectivity index (χ4n) is 1.40. The maximum absolute atomic E-state index is 5.72. The van der Waals surface area contributed by atoms with Gasteiger partial charge in [-0.15, -0.1) is 0 Å². The molecular formula is C7H16N2O. The second kappa shape index (κ2) is 3.91. The highest BCUT2D eigenvalue weighted by molar-refractivity contribution is 4.76. The fraction of sp³-hybridized carbons (Fsp3) is 1.00. The van der Waals surface area contributed by atoms with Crippen molar-refractivity contribution in [2.24, 2.45) is 5.73 Å². The summed E-state index contributed by atoms with van der Waals surface area (Å²) < 4.78 is 0. The topological polar surface area (TPSA) is 47.3 Å². The monoisotopic (exact) mass is 144 g/mol. The Balaban J connectivity index is 2.13. The van der Waals surface area contributed by atoms with E-state index in [1.165, 1.54) is 0 Å². The number of nitrogens with one attached hydrogen (secondary N) is 1. The quantitative estimate of drug-likeness (QED) is 0.552. The highest BCUT2D eigenvalue weighted by Gasteiger charge is 2.17. The van der Waals surface area contributed by atoms with Gasteiger partial charge in [0.25, 0.3) is 0 Å².